The van der Waals surface area contributed by atoms with E-state index in [4.69, 9.17) is 0 Å². The van der Waals surface area contributed by atoms with Crippen LogP contribution in [0.25, 0.3) is 0 Å². The van der Waals surface area contributed by atoms with Gasteiger partial charge in [-0.15, -0.1) is 0 Å². The van der Waals surface area contributed by atoms with E-state index in [-0.39, 0.29) is 9.74 Å². The van der Waals surface area contributed by atoms with Crippen LogP contribution in [0.3, 0.4) is 0 Å². The summed E-state index contributed by atoms with van der Waals surface area (Å²) in [6, 6.07) is 0. The Kier molecular flexibility index (Phi) is 1.67. The zero-order valence-corrected chi connectivity index (χ0v) is 9.72. The molecule has 0 spiro atoms. The summed E-state index contributed by atoms with van der Waals surface area (Å²) in [5, 5.41) is 9.37. The molecule has 0 amide bonds. The minimum Gasteiger partial charge on any atom is -0.481 e. The summed E-state index contributed by atoms with van der Waals surface area (Å²) >= 11 is 3.80. The predicted octanol–water partition coefficient (Wildman–Crippen LogP) is 2.80. The number of halogens is 1. The molecule has 0 aromatic carbocycles. The molecule has 4 rings (SSSR count). The fraction of sp³-hybridized carbons (Fsp3) is 0.909. The smallest absolute Gasteiger partial charge is 0.309 e. The van der Waals surface area contributed by atoms with Crippen LogP contribution in [-0.4, -0.2) is 15.4 Å². The molecule has 2 atom stereocenters. The Morgan fingerprint density at radius 2 is 1.79 bits per heavy atom. The predicted molar refractivity (Wildman–Crippen MR) is 56.4 cm³/mol. The molecule has 0 heterocycles. The average Bonchev–Trinajstić information content (AvgIpc) is 1.98. The highest BCUT2D eigenvalue weighted by atomic mass is 79.9. The normalized spacial score (nSPS) is 54.9. The number of alkyl halides is 1. The maximum Gasteiger partial charge on any atom is 0.309 e. The van der Waals surface area contributed by atoms with Crippen LogP contribution in [0.1, 0.15) is 38.5 Å². The standard InChI is InChI=1S/C11H15BrO2/c12-11-4-7-1-8(5-11)3-10(2-7,6-11)9(13)14/h7-8H,1-6H2,(H,13,14)/t7-,8-,10?,11?/m0/s1. The first-order valence-electron chi connectivity index (χ1n) is 5.44. The molecule has 0 aliphatic heterocycles. The molecule has 4 aliphatic rings. The van der Waals surface area contributed by atoms with Crippen molar-refractivity contribution in [2.24, 2.45) is 17.3 Å². The van der Waals surface area contributed by atoms with Gasteiger partial charge >= 0.3 is 5.97 Å². The van der Waals surface area contributed by atoms with E-state index in [1.165, 1.54) is 19.3 Å². The lowest BCUT2D eigenvalue weighted by Gasteiger charge is -2.58. The SMILES string of the molecule is O=C(O)C12C[C@@H]3C[C@H](CC(Br)(C3)C1)C2. The molecule has 0 radical (unpaired) electrons. The van der Waals surface area contributed by atoms with Gasteiger partial charge in [0.15, 0.2) is 0 Å². The van der Waals surface area contributed by atoms with Crippen LogP contribution in [0.2, 0.25) is 0 Å². The van der Waals surface area contributed by atoms with Crippen LogP contribution in [-0.2, 0) is 4.79 Å². The van der Waals surface area contributed by atoms with Gasteiger partial charge in [-0.05, 0) is 50.4 Å². The topological polar surface area (TPSA) is 37.3 Å². The number of carboxylic acids is 1. The van der Waals surface area contributed by atoms with Crippen LogP contribution < -0.4 is 0 Å². The first-order chi connectivity index (χ1) is 6.51. The number of rotatable bonds is 1. The number of carbonyl (C=O) groups is 1. The van der Waals surface area contributed by atoms with Crippen molar-refractivity contribution in [2.75, 3.05) is 0 Å². The van der Waals surface area contributed by atoms with Crippen molar-refractivity contribution in [3.63, 3.8) is 0 Å². The number of aliphatic carboxylic acids is 1. The Hall–Kier alpha value is -0.0500. The lowest BCUT2D eigenvalue weighted by Crippen LogP contribution is -2.55. The average molecular weight is 259 g/mol. The van der Waals surface area contributed by atoms with Gasteiger partial charge in [0, 0.05) is 4.32 Å². The van der Waals surface area contributed by atoms with Crippen molar-refractivity contribution in [2.45, 2.75) is 42.8 Å². The monoisotopic (exact) mass is 258 g/mol. The van der Waals surface area contributed by atoms with Crippen LogP contribution in [0, 0.1) is 17.3 Å². The largest absolute Gasteiger partial charge is 0.481 e. The molecule has 78 valence electrons. The van der Waals surface area contributed by atoms with Gasteiger partial charge in [0.25, 0.3) is 0 Å². The van der Waals surface area contributed by atoms with Gasteiger partial charge in [-0.1, -0.05) is 15.9 Å². The second-order valence-corrected chi connectivity index (χ2v) is 7.38. The molecule has 14 heavy (non-hydrogen) atoms. The minimum absolute atomic E-state index is 0.176. The molecular weight excluding hydrogens is 244 g/mol. The molecule has 0 aromatic heterocycles. The highest BCUT2D eigenvalue weighted by molar-refractivity contribution is 9.10. The van der Waals surface area contributed by atoms with Gasteiger partial charge < -0.3 is 5.11 Å². The molecule has 4 bridgehead atoms. The molecule has 1 N–H and O–H groups in total. The van der Waals surface area contributed by atoms with Crippen LogP contribution in [0.5, 0.6) is 0 Å². The Morgan fingerprint density at radius 1 is 1.21 bits per heavy atom. The van der Waals surface area contributed by atoms with E-state index in [1.54, 1.807) is 0 Å². The lowest BCUT2D eigenvalue weighted by atomic mass is 9.49. The van der Waals surface area contributed by atoms with Gasteiger partial charge in [-0.2, -0.15) is 0 Å². The fourth-order valence-corrected chi connectivity index (χ4v) is 5.85. The van der Waals surface area contributed by atoms with Crippen molar-refractivity contribution < 1.29 is 9.90 Å². The van der Waals surface area contributed by atoms with Gasteiger partial charge in [-0.25, -0.2) is 0 Å². The first-order valence-corrected chi connectivity index (χ1v) is 6.23. The summed E-state index contributed by atoms with van der Waals surface area (Å²) in [6.45, 7) is 0. The number of carboxylic acid groups (broad SMARTS) is 1. The molecule has 0 saturated heterocycles. The summed E-state index contributed by atoms with van der Waals surface area (Å²) in [5.41, 5.74) is -0.367. The van der Waals surface area contributed by atoms with E-state index < -0.39 is 5.97 Å². The van der Waals surface area contributed by atoms with E-state index in [9.17, 15) is 9.90 Å². The summed E-state index contributed by atoms with van der Waals surface area (Å²) in [5.74, 6) is 0.800. The summed E-state index contributed by atoms with van der Waals surface area (Å²) in [7, 11) is 0. The molecule has 4 aliphatic carbocycles. The van der Waals surface area contributed by atoms with Gasteiger partial charge in [-0.3, -0.25) is 4.79 Å². The van der Waals surface area contributed by atoms with Crippen molar-refractivity contribution >= 4 is 21.9 Å². The molecule has 4 fully saturated rings. The van der Waals surface area contributed by atoms with Crippen LogP contribution in [0.4, 0.5) is 0 Å². The van der Waals surface area contributed by atoms with E-state index in [2.05, 4.69) is 15.9 Å². The third-order valence-electron chi connectivity index (χ3n) is 4.44. The Morgan fingerprint density at radius 3 is 2.21 bits per heavy atom. The second-order valence-electron chi connectivity index (χ2n) is 5.70. The van der Waals surface area contributed by atoms with E-state index in [1.807, 2.05) is 0 Å². The number of hydrogen-bond donors (Lipinski definition) is 1. The van der Waals surface area contributed by atoms with Crippen LogP contribution in [0.15, 0.2) is 0 Å². The van der Waals surface area contributed by atoms with Gasteiger partial charge in [0.2, 0.25) is 0 Å². The molecule has 2 nitrogen and oxygen atoms in total. The molecule has 4 saturated carbocycles. The number of hydrogen-bond acceptors (Lipinski definition) is 1. The highest BCUT2D eigenvalue weighted by Crippen LogP contribution is 2.64. The quantitative estimate of drug-likeness (QED) is 0.735. The Labute approximate surface area is 92.2 Å². The molecular formula is C11H15BrO2. The summed E-state index contributed by atoms with van der Waals surface area (Å²) < 4.78 is 0.176. The van der Waals surface area contributed by atoms with Crippen molar-refractivity contribution in [1.29, 1.82) is 0 Å². The molecule has 0 aromatic rings. The fourth-order valence-electron chi connectivity index (χ4n) is 4.40. The zero-order chi connectivity index (χ0) is 9.97. The summed E-state index contributed by atoms with van der Waals surface area (Å²) in [6.07, 6.45) is 6.43. The maximum atomic E-state index is 11.4. The highest BCUT2D eigenvalue weighted by Gasteiger charge is 2.59. The van der Waals surface area contributed by atoms with E-state index in [0.717, 1.165) is 19.3 Å². The second kappa shape index (κ2) is 2.55. The molecule has 3 heteroatoms. The van der Waals surface area contributed by atoms with Crippen molar-refractivity contribution in [3.05, 3.63) is 0 Å². The Bertz CT molecular complexity index is 286. The van der Waals surface area contributed by atoms with Crippen molar-refractivity contribution in [1.82, 2.24) is 0 Å². The Balaban J connectivity index is 2.00. The van der Waals surface area contributed by atoms with Crippen molar-refractivity contribution in [3.8, 4) is 0 Å². The third-order valence-corrected chi connectivity index (χ3v) is 5.37. The van der Waals surface area contributed by atoms with Gasteiger partial charge in [0.1, 0.15) is 0 Å². The first kappa shape index (κ1) is 9.20. The third kappa shape index (κ3) is 1.11. The molecule has 0 unspecified atom stereocenters. The van der Waals surface area contributed by atoms with E-state index in [0.29, 0.717) is 11.8 Å². The zero-order valence-electron chi connectivity index (χ0n) is 8.13. The van der Waals surface area contributed by atoms with E-state index >= 15 is 0 Å². The lowest BCUT2D eigenvalue weighted by molar-refractivity contribution is -0.162. The minimum atomic E-state index is -0.546. The van der Waals surface area contributed by atoms with Gasteiger partial charge in [0.05, 0.1) is 5.41 Å². The maximum absolute atomic E-state index is 11.4. The summed E-state index contributed by atoms with van der Waals surface area (Å²) in [4.78, 5) is 11.4. The van der Waals surface area contributed by atoms with Crippen LogP contribution >= 0.6 is 15.9 Å².